The van der Waals surface area contributed by atoms with Crippen LogP contribution in [0.2, 0.25) is 0 Å². The van der Waals surface area contributed by atoms with Crippen LogP contribution in [-0.2, 0) is 14.4 Å². The highest BCUT2D eigenvalue weighted by Crippen LogP contribution is 2.15. The summed E-state index contributed by atoms with van der Waals surface area (Å²) in [6.07, 6.45) is -8.85. The van der Waals surface area contributed by atoms with Crippen molar-refractivity contribution in [1.29, 1.82) is 0 Å². The first kappa shape index (κ1) is 26.1. The number of hydrogen-bond donors (Lipinski definition) is 0. The molecule has 23 heavy (non-hydrogen) atoms. The summed E-state index contributed by atoms with van der Waals surface area (Å²) in [4.78, 5) is 13.0. The number of carbonyl (C=O) groups excluding carboxylic acids is 1. The summed E-state index contributed by atoms with van der Waals surface area (Å²) in [5.41, 5.74) is 1.32. The SMILES string of the molecule is CC(F)(F)F.COC(=O)C(F)(F)F.CO[OH2+].Cc1ccccc1. The first-order chi connectivity index (χ1) is 10.3. The Balaban J connectivity index is -0.000000245. The quantitative estimate of drug-likeness (QED) is 0.236. The van der Waals surface area contributed by atoms with E-state index >= 15 is 0 Å². The summed E-state index contributed by atoms with van der Waals surface area (Å²) < 4.78 is 67.3. The van der Waals surface area contributed by atoms with Gasteiger partial charge in [0.25, 0.3) is 0 Å². The van der Waals surface area contributed by atoms with Gasteiger partial charge in [-0.15, -0.1) is 4.89 Å². The van der Waals surface area contributed by atoms with Crippen molar-refractivity contribution < 1.29 is 46.0 Å². The Morgan fingerprint density at radius 1 is 1.00 bits per heavy atom. The lowest BCUT2D eigenvalue weighted by molar-refractivity contribution is -0.214. The van der Waals surface area contributed by atoms with Crippen LogP contribution >= 0.6 is 0 Å². The summed E-state index contributed by atoms with van der Waals surface area (Å²) in [6, 6.07) is 10.3. The van der Waals surface area contributed by atoms with Gasteiger partial charge >= 0.3 is 18.3 Å². The maximum atomic E-state index is 11.0. The molecule has 10 heteroatoms. The summed E-state index contributed by atoms with van der Waals surface area (Å²) in [6.45, 7) is 2.27. The molecular weight excluding hydrogens is 334 g/mol. The van der Waals surface area contributed by atoms with Crippen molar-refractivity contribution in [3.05, 3.63) is 35.9 Å². The molecule has 1 aromatic rings. The maximum absolute atomic E-state index is 11.0. The smallest absolute Gasteiger partial charge is 0.462 e. The fourth-order valence-corrected chi connectivity index (χ4v) is 0.650. The molecule has 0 heterocycles. The Bertz CT molecular complexity index is 384. The fourth-order valence-electron chi connectivity index (χ4n) is 0.650. The van der Waals surface area contributed by atoms with Gasteiger partial charge in [0.1, 0.15) is 7.11 Å². The standard InChI is InChI=1S/C7H8.C3H3F3O2.C2H3F3.CH4O2/c1-7-5-3-2-4-6-7;1-8-2(7)3(4,5)6;1-2(3,4)5;1-3-2/h2-6H,1H3;1H3;1H3;2H,1H3/p+1. The number of rotatable bonds is 0. The number of halogens is 6. The molecule has 4 nitrogen and oxygen atoms in total. The van der Waals surface area contributed by atoms with Crippen molar-refractivity contribution in [1.82, 2.24) is 0 Å². The van der Waals surface area contributed by atoms with E-state index in [0.29, 0.717) is 7.11 Å². The third kappa shape index (κ3) is 33.2. The van der Waals surface area contributed by atoms with Crippen LogP contribution in [-0.4, -0.2) is 37.8 Å². The Morgan fingerprint density at radius 3 is 1.39 bits per heavy atom. The Morgan fingerprint density at radius 2 is 1.30 bits per heavy atom. The third-order valence-electron chi connectivity index (χ3n) is 1.36. The number of methoxy groups -OCH3 is 1. The first-order valence-corrected chi connectivity index (χ1v) is 5.72. The van der Waals surface area contributed by atoms with Gasteiger partial charge in [0, 0.05) is 6.92 Å². The summed E-state index contributed by atoms with van der Waals surface area (Å²) in [7, 11) is 1.97. The zero-order chi connectivity index (χ0) is 19.1. The second-order valence-electron chi connectivity index (χ2n) is 3.63. The van der Waals surface area contributed by atoms with E-state index in [-0.39, 0.29) is 6.92 Å². The van der Waals surface area contributed by atoms with Crippen molar-refractivity contribution in [3.63, 3.8) is 0 Å². The highest BCUT2D eigenvalue weighted by atomic mass is 19.4. The molecule has 1 aromatic carbocycles. The molecule has 0 bridgehead atoms. The largest absolute Gasteiger partial charge is 0.490 e. The predicted molar refractivity (Wildman–Crippen MR) is 71.6 cm³/mol. The molecule has 0 atom stereocenters. The minimum atomic E-state index is -4.85. The van der Waals surface area contributed by atoms with Crippen molar-refractivity contribution in [2.75, 3.05) is 14.2 Å². The van der Waals surface area contributed by atoms with Crippen LogP contribution in [0.3, 0.4) is 0 Å². The molecular formula is C13H19F6O4+. The van der Waals surface area contributed by atoms with Crippen LogP contribution in [0.25, 0.3) is 0 Å². The number of ether oxygens (including phenoxy) is 1. The summed E-state index contributed by atoms with van der Waals surface area (Å²) in [5, 5.41) is 5.71. The number of carbonyl (C=O) groups is 1. The van der Waals surface area contributed by atoms with E-state index in [2.05, 4.69) is 28.7 Å². The van der Waals surface area contributed by atoms with Gasteiger partial charge in [0.2, 0.25) is 0 Å². The monoisotopic (exact) mass is 353 g/mol. The van der Waals surface area contributed by atoms with E-state index in [4.69, 9.17) is 5.26 Å². The van der Waals surface area contributed by atoms with E-state index in [1.54, 1.807) is 0 Å². The molecule has 0 unspecified atom stereocenters. The molecule has 0 amide bonds. The lowest BCUT2D eigenvalue weighted by Gasteiger charge is -1.99. The van der Waals surface area contributed by atoms with Gasteiger partial charge in [-0.25, -0.2) is 4.79 Å². The molecule has 0 saturated carbocycles. The van der Waals surface area contributed by atoms with Gasteiger partial charge in [0.15, 0.2) is 0 Å². The van der Waals surface area contributed by atoms with Crippen molar-refractivity contribution in [2.45, 2.75) is 26.2 Å². The molecule has 0 aromatic heterocycles. The van der Waals surface area contributed by atoms with Gasteiger partial charge in [-0.3, -0.25) is 5.26 Å². The second-order valence-corrected chi connectivity index (χ2v) is 3.63. The number of esters is 1. The second kappa shape index (κ2) is 13.8. The van der Waals surface area contributed by atoms with Crippen LogP contribution in [0, 0.1) is 6.92 Å². The molecule has 136 valence electrons. The first-order valence-electron chi connectivity index (χ1n) is 5.72. The normalized spacial score (nSPS) is 9.87. The lowest BCUT2D eigenvalue weighted by atomic mass is 10.2. The predicted octanol–water partition coefficient (Wildman–Crippen LogP) is 3.56. The van der Waals surface area contributed by atoms with Crippen LogP contribution < -0.4 is 0 Å². The average molecular weight is 353 g/mol. The van der Waals surface area contributed by atoms with Crippen molar-refractivity contribution in [3.8, 4) is 0 Å². The van der Waals surface area contributed by atoms with Gasteiger partial charge in [0.05, 0.1) is 7.11 Å². The molecule has 0 aliphatic heterocycles. The molecule has 0 aliphatic carbocycles. The number of hydrogen-bond acceptors (Lipinski definition) is 3. The van der Waals surface area contributed by atoms with Crippen LogP contribution in [0.4, 0.5) is 26.3 Å². The van der Waals surface area contributed by atoms with Gasteiger partial charge < -0.3 is 4.74 Å². The van der Waals surface area contributed by atoms with Crippen molar-refractivity contribution >= 4 is 5.97 Å². The van der Waals surface area contributed by atoms with Crippen LogP contribution in [0.1, 0.15) is 12.5 Å². The minimum absolute atomic E-state index is 0.188. The molecule has 0 radical (unpaired) electrons. The van der Waals surface area contributed by atoms with Gasteiger partial charge in [-0.05, 0) is 6.92 Å². The summed E-state index contributed by atoms with van der Waals surface area (Å²) >= 11 is 0. The number of benzene rings is 1. The molecule has 0 spiro atoms. The number of aryl methyl sites for hydroxylation is 1. The summed E-state index contributed by atoms with van der Waals surface area (Å²) in [5.74, 6) is -2.17. The molecule has 0 fully saturated rings. The molecule has 0 aliphatic rings. The highest BCUT2D eigenvalue weighted by molar-refractivity contribution is 5.75. The van der Waals surface area contributed by atoms with E-state index in [1.807, 2.05) is 18.2 Å². The topological polar surface area (TPSA) is 58.4 Å². The maximum Gasteiger partial charge on any atom is 0.490 e. The highest BCUT2D eigenvalue weighted by Gasteiger charge is 2.39. The van der Waals surface area contributed by atoms with E-state index in [1.165, 1.54) is 12.7 Å². The van der Waals surface area contributed by atoms with Crippen LogP contribution in [0.5, 0.6) is 0 Å². The van der Waals surface area contributed by atoms with E-state index in [0.717, 1.165) is 0 Å². The van der Waals surface area contributed by atoms with E-state index in [9.17, 15) is 31.1 Å². The van der Waals surface area contributed by atoms with E-state index < -0.39 is 18.3 Å². The Kier molecular flexibility index (Phi) is 15.7. The zero-order valence-electron chi connectivity index (χ0n) is 12.9. The Hall–Kier alpha value is -1.81. The Labute approximate surface area is 129 Å². The number of alkyl halides is 6. The van der Waals surface area contributed by atoms with Gasteiger partial charge in [-0.1, -0.05) is 35.9 Å². The van der Waals surface area contributed by atoms with Gasteiger partial charge in [-0.2, -0.15) is 26.3 Å². The molecule has 1 rings (SSSR count). The zero-order valence-corrected chi connectivity index (χ0v) is 12.9. The van der Waals surface area contributed by atoms with Crippen LogP contribution in [0.15, 0.2) is 30.3 Å². The lowest BCUT2D eigenvalue weighted by Crippen LogP contribution is -2.23. The third-order valence-corrected chi connectivity index (χ3v) is 1.36. The minimum Gasteiger partial charge on any atom is -0.462 e. The average Bonchev–Trinajstić information content (AvgIpc) is 2.37. The van der Waals surface area contributed by atoms with Crippen molar-refractivity contribution in [2.24, 2.45) is 0 Å². The fraction of sp³-hybridized carbons (Fsp3) is 0.462. The molecule has 2 N–H and O–H groups in total. The molecule has 0 saturated heterocycles.